The number of methoxy groups -OCH3 is 1. The summed E-state index contributed by atoms with van der Waals surface area (Å²) in [6, 6.07) is 19.4. The van der Waals surface area contributed by atoms with Crippen molar-refractivity contribution >= 4 is 32.9 Å². The molecule has 0 atom stereocenters. The second kappa shape index (κ2) is 14.7. The highest BCUT2D eigenvalue weighted by Crippen LogP contribution is 2.31. The predicted molar refractivity (Wildman–Crippen MR) is 181 cm³/mol. The van der Waals surface area contributed by atoms with E-state index >= 15 is 0 Å². The van der Waals surface area contributed by atoms with Gasteiger partial charge < -0.3 is 9.84 Å². The number of rotatable bonds is 11. The smallest absolute Gasteiger partial charge is 0.298 e. The fraction of sp³-hybridized carbons (Fsp3) is 0.229. The van der Waals surface area contributed by atoms with Gasteiger partial charge in [0.15, 0.2) is 0 Å². The van der Waals surface area contributed by atoms with Gasteiger partial charge in [0.1, 0.15) is 28.6 Å². The third-order valence-corrected chi connectivity index (χ3v) is 8.64. The number of ether oxygens (including phenoxy) is 1. The minimum absolute atomic E-state index is 0.0127. The third kappa shape index (κ3) is 8.37. The zero-order valence-electron chi connectivity index (χ0n) is 27.2. The second-order valence-corrected chi connectivity index (χ2v) is 12.7. The quantitative estimate of drug-likeness (QED) is 0.106. The minimum atomic E-state index is -4.50. The normalized spacial score (nSPS) is 11.9. The van der Waals surface area contributed by atoms with Crippen LogP contribution in [-0.4, -0.2) is 40.1 Å². The van der Waals surface area contributed by atoms with Gasteiger partial charge in [0.05, 0.1) is 36.5 Å². The van der Waals surface area contributed by atoms with E-state index in [9.17, 15) is 18.1 Å². The maximum Gasteiger partial charge on any atom is 0.298 e. The van der Waals surface area contributed by atoms with Crippen molar-refractivity contribution in [3.63, 3.8) is 0 Å². The monoisotopic (exact) mass is 665 g/mol. The number of aliphatic hydroxyl groups excluding tert-OH is 1. The van der Waals surface area contributed by atoms with Crippen LogP contribution < -0.4 is 4.74 Å². The van der Waals surface area contributed by atoms with E-state index in [0.29, 0.717) is 35.9 Å². The Morgan fingerprint density at radius 1 is 0.688 bits per heavy atom. The van der Waals surface area contributed by atoms with Crippen LogP contribution in [0.1, 0.15) is 50.6 Å². The maximum absolute atomic E-state index is 11.7. The van der Waals surface area contributed by atoms with E-state index in [1.807, 2.05) is 70.2 Å². The van der Waals surface area contributed by atoms with Crippen LogP contribution in [-0.2, 0) is 29.6 Å². The molecule has 0 amide bonds. The number of hydrogen-bond donors (Lipinski definition) is 2. The predicted octanol–water partition coefficient (Wildman–Crippen LogP) is 7.87. The highest BCUT2D eigenvalue weighted by molar-refractivity contribution is 7.86. The fourth-order valence-electron chi connectivity index (χ4n) is 5.02. The minimum Gasteiger partial charge on any atom is -0.495 e. The molecule has 0 aliphatic carbocycles. The van der Waals surface area contributed by atoms with Crippen LogP contribution in [0.5, 0.6) is 5.75 Å². The van der Waals surface area contributed by atoms with Crippen LogP contribution in [0.15, 0.2) is 98.4 Å². The first kappa shape index (κ1) is 34.1. The van der Waals surface area contributed by atoms with E-state index in [2.05, 4.69) is 36.5 Å². The van der Waals surface area contributed by atoms with Crippen molar-refractivity contribution in [1.82, 2.24) is 15.0 Å². The second-order valence-electron chi connectivity index (χ2n) is 11.3. The van der Waals surface area contributed by atoms with E-state index < -0.39 is 10.1 Å². The Labute approximate surface area is 279 Å². The zero-order valence-corrected chi connectivity index (χ0v) is 28.0. The van der Waals surface area contributed by atoms with Gasteiger partial charge >= 0.3 is 0 Å². The summed E-state index contributed by atoms with van der Waals surface area (Å²) in [6.07, 6.45) is 2.56. The highest BCUT2D eigenvalue weighted by atomic mass is 32.2. The lowest BCUT2D eigenvalue weighted by Crippen LogP contribution is -2.05. The van der Waals surface area contributed by atoms with Crippen molar-refractivity contribution in [1.29, 1.82) is 0 Å². The molecule has 0 aliphatic rings. The molecule has 0 bridgehead atoms. The molecule has 4 aromatic carbocycles. The number of aryl methyl sites for hydroxylation is 4. The van der Waals surface area contributed by atoms with Gasteiger partial charge in [-0.2, -0.15) is 28.9 Å². The molecular weight excluding hydrogens is 630 g/mol. The molecule has 48 heavy (non-hydrogen) atoms. The lowest BCUT2D eigenvalue weighted by molar-refractivity contribution is 0.282. The van der Waals surface area contributed by atoms with Crippen LogP contribution >= 0.6 is 0 Å². The van der Waals surface area contributed by atoms with Crippen molar-refractivity contribution in [3.05, 3.63) is 124 Å². The molecule has 0 radical (unpaired) electrons. The Hall–Kier alpha value is -5.24. The van der Waals surface area contributed by atoms with E-state index in [1.54, 1.807) is 6.07 Å². The number of hydrogen-bond acceptors (Lipinski definition) is 11. The first-order valence-corrected chi connectivity index (χ1v) is 16.4. The molecule has 2 N–H and O–H groups in total. The largest absolute Gasteiger partial charge is 0.495 e. The van der Waals surface area contributed by atoms with Gasteiger partial charge in [-0.15, -0.1) is 0 Å². The summed E-state index contributed by atoms with van der Waals surface area (Å²) >= 11 is 0. The fourth-order valence-corrected chi connectivity index (χ4v) is 5.69. The van der Waals surface area contributed by atoms with Gasteiger partial charge in [0.25, 0.3) is 10.1 Å². The summed E-state index contributed by atoms with van der Waals surface area (Å²) in [6.45, 7) is 7.89. The van der Waals surface area contributed by atoms with Gasteiger partial charge in [-0.1, -0.05) is 24.3 Å². The zero-order chi connectivity index (χ0) is 34.4. The number of azo groups is 2. The van der Waals surface area contributed by atoms with Crippen molar-refractivity contribution < 1.29 is 22.8 Å². The molecule has 0 saturated heterocycles. The molecule has 5 rings (SSSR count). The van der Waals surface area contributed by atoms with Gasteiger partial charge in [-0.25, -0.2) is 15.0 Å². The lowest BCUT2D eigenvalue weighted by Gasteiger charge is -2.11. The van der Waals surface area contributed by atoms with Crippen LogP contribution in [0.2, 0.25) is 0 Å². The molecule has 1 aromatic heterocycles. The Morgan fingerprint density at radius 3 is 1.71 bits per heavy atom. The van der Waals surface area contributed by atoms with Crippen molar-refractivity contribution in [2.75, 3.05) is 7.11 Å². The number of aromatic nitrogens is 3. The average Bonchev–Trinajstić information content (AvgIpc) is 3.06. The van der Waals surface area contributed by atoms with Crippen LogP contribution in [0.25, 0.3) is 0 Å². The summed E-state index contributed by atoms with van der Waals surface area (Å²) in [5.74, 6) is 1.31. The average molecular weight is 666 g/mol. The standard InChI is InChI=1S/C35H35N7O5S/c1-21-14-30(41-39-28-8-6-25(19-43)7-9-28)23(3)12-26(21)16-34-36-20-37-35(38-34)17-27-13-24(4)31(15-22(27)2)42-40-29-10-11-32(47-5)33(18-29)48(44,45)46/h6-15,18,20,43H,16-17,19H2,1-5H3,(H,44,45,46). The van der Waals surface area contributed by atoms with E-state index in [4.69, 9.17) is 9.72 Å². The molecule has 13 heteroatoms. The van der Waals surface area contributed by atoms with Gasteiger partial charge in [0.2, 0.25) is 0 Å². The van der Waals surface area contributed by atoms with Crippen LogP contribution in [0.4, 0.5) is 22.7 Å². The molecule has 246 valence electrons. The molecule has 0 unspecified atom stereocenters. The molecule has 0 fully saturated rings. The highest BCUT2D eigenvalue weighted by Gasteiger charge is 2.17. The molecule has 0 spiro atoms. The summed E-state index contributed by atoms with van der Waals surface area (Å²) in [4.78, 5) is 13.2. The van der Waals surface area contributed by atoms with Crippen molar-refractivity contribution in [2.45, 2.75) is 52.0 Å². The number of nitrogens with zero attached hydrogens (tertiary/aromatic N) is 7. The molecule has 0 aliphatic heterocycles. The number of benzene rings is 4. The maximum atomic E-state index is 11.7. The van der Waals surface area contributed by atoms with Crippen LogP contribution in [0.3, 0.4) is 0 Å². The van der Waals surface area contributed by atoms with E-state index in [1.165, 1.54) is 25.6 Å². The lowest BCUT2D eigenvalue weighted by atomic mass is 10.0. The summed E-state index contributed by atoms with van der Waals surface area (Å²) in [5.41, 5.74) is 9.13. The Balaban J connectivity index is 1.29. The molecule has 1 heterocycles. The van der Waals surface area contributed by atoms with E-state index in [-0.39, 0.29) is 22.9 Å². The molecule has 12 nitrogen and oxygen atoms in total. The Kier molecular flexibility index (Phi) is 10.4. The van der Waals surface area contributed by atoms with E-state index in [0.717, 1.165) is 44.6 Å². The summed E-state index contributed by atoms with van der Waals surface area (Å²) in [7, 11) is -3.18. The number of aliphatic hydroxyl groups is 1. The summed E-state index contributed by atoms with van der Waals surface area (Å²) in [5, 5.41) is 26.5. The van der Waals surface area contributed by atoms with Gasteiger partial charge in [-0.3, -0.25) is 4.55 Å². The van der Waals surface area contributed by atoms with Gasteiger partial charge in [-0.05, 0) is 109 Å². The molecular formula is C35H35N7O5S. The van der Waals surface area contributed by atoms with Crippen molar-refractivity contribution in [2.24, 2.45) is 20.5 Å². The SMILES string of the molecule is COc1ccc(N=Nc2cc(C)c(Cc3ncnc(Cc4cc(C)c(N=Nc5ccc(CO)cc5)cc4C)n3)cc2C)cc1S(=O)(=O)O. The first-order valence-electron chi connectivity index (χ1n) is 15.0. The Morgan fingerprint density at radius 2 is 1.21 bits per heavy atom. The van der Waals surface area contributed by atoms with Gasteiger partial charge in [0, 0.05) is 12.8 Å². The third-order valence-electron chi connectivity index (χ3n) is 7.77. The topological polar surface area (TPSA) is 172 Å². The van der Waals surface area contributed by atoms with Crippen molar-refractivity contribution in [3.8, 4) is 5.75 Å². The first-order chi connectivity index (χ1) is 22.9. The van der Waals surface area contributed by atoms with Crippen LogP contribution in [0, 0.1) is 27.7 Å². The Bertz CT molecular complexity index is 2130. The molecule has 5 aromatic rings. The molecule has 0 saturated carbocycles. The summed E-state index contributed by atoms with van der Waals surface area (Å²) < 4.78 is 38.0.